The molecule has 2 heterocycles. The smallest absolute Gasteiger partial charge is 0.192 e. The summed E-state index contributed by atoms with van der Waals surface area (Å²) in [5.74, 6) is 1.83. The van der Waals surface area contributed by atoms with Crippen LogP contribution in [0.3, 0.4) is 0 Å². The first kappa shape index (κ1) is 18.4. The molecule has 0 radical (unpaired) electrons. The van der Waals surface area contributed by atoms with Crippen LogP contribution in [0.1, 0.15) is 5.56 Å². The highest BCUT2D eigenvalue weighted by atomic mass is 80.0. The summed E-state index contributed by atoms with van der Waals surface area (Å²) in [4.78, 5) is 8.92. The molecule has 10 heteroatoms. The van der Waals surface area contributed by atoms with Crippen LogP contribution in [0.25, 0.3) is 0 Å². The van der Waals surface area contributed by atoms with Crippen molar-refractivity contribution in [3.8, 4) is 0 Å². The van der Waals surface area contributed by atoms with E-state index in [4.69, 9.17) is 4.42 Å². The third kappa shape index (κ3) is 5.56. The quantitative estimate of drug-likeness (QED) is 0.407. The Labute approximate surface area is 172 Å². The van der Waals surface area contributed by atoms with Gasteiger partial charge in [0.25, 0.3) is 0 Å². The molecule has 0 unspecified atom stereocenters. The second-order valence-corrected chi connectivity index (χ2v) is 17.5. The molecule has 1 aliphatic heterocycles. The van der Waals surface area contributed by atoms with Crippen molar-refractivity contribution in [1.82, 2.24) is 5.32 Å². The van der Waals surface area contributed by atoms with Crippen molar-refractivity contribution in [3.05, 3.63) is 36.1 Å². The fourth-order valence-corrected chi connectivity index (χ4v) is 2.53. The van der Waals surface area contributed by atoms with E-state index in [9.17, 15) is 0 Å². The predicted molar refractivity (Wildman–Crippen MR) is 108 cm³/mol. The first-order chi connectivity index (χ1) is 9.66. The topological polar surface area (TPSA) is 49.9 Å². The zero-order valence-electron chi connectivity index (χ0n) is 10.1. The van der Waals surface area contributed by atoms with Gasteiger partial charge in [0.05, 0.1) is 12.5 Å². The monoisotopic (exact) mass is 671 g/mol. The Morgan fingerprint density at radius 2 is 1.62 bits per heavy atom. The average Bonchev–Trinajstić information content (AvgIpc) is 2.87. The Balaban J connectivity index is 2.31. The zero-order chi connectivity index (χ0) is 15.7. The maximum atomic E-state index is 5.05. The van der Waals surface area contributed by atoms with Crippen molar-refractivity contribution in [2.45, 2.75) is 10.7 Å². The summed E-state index contributed by atoms with van der Waals surface area (Å²) in [6.07, 6.45) is 5.93. The van der Waals surface area contributed by atoms with Gasteiger partial charge in [0.2, 0.25) is 0 Å². The van der Waals surface area contributed by atoms with Crippen molar-refractivity contribution < 1.29 is 4.42 Å². The van der Waals surface area contributed by atoms with E-state index in [-0.39, 0.29) is 0 Å². The molecule has 0 aromatic carbocycles. The molecule has 21 heavy (non-hydrogen) atoms. The number of rotatable bonds is 2. The Bertz CT molecular complexity index is 562. The van der Waals surface area contributed by atoms with Crippen molar-refractivity contribution >= 4 is 107 Å². The normalized spacial score (nSPS) is 16.2. The molecule has 0 fully saturated rings. The van der Waals surface area contributed by atoms with E-state index in [1.807, 2.05) is 12.1 Å². The largest absolute Gasteiger partial charge is 0.472 e. The van der Waals surface area contributed by atoms with Gasteiger partial charge in [0, 0.05) is 0 Å². The standard InChI is InChI=1S/C11H7Br6N3O/c12-10(13,14)8-18-7(2-1-6-3-4-21-5-6)19-9(20-8)11(15,16)17/h2-5H,1H2,(H,18,19,20). The molecule has 1 aliphatic rings. The number of nitrogens with one attached hydrogen (secondary N) is 1. The summed E-state index contributed by atoms with van der Waals surface area (Å²) in [6.45, 7) is 0. The molecule has 0 spiro atoms. The second-order valence-electron chi connectivity index (χ2n) is 3.94. The van der Waals surface area contributed by atoms with Gasteiger partial charge in [-0.25, -0.2) is 9.98 Å². The van der Waals surface area contributed by atoms with Gasteiger partial charge < -0.3 is 9.73 Å². The van der Waals surface area contributed by atoms with Crippen molar-refractivity contribution in [3.63, 3.8) is 0 Å². The van der Waals surface area contributed by atoms with E-state index in [1.54, 1.807) is 12.5 Å². The van der Waals surface area contributed by atoms with Crippen LogP contribution >= 0.6 is 95.6 Å². The number of alkyl halides is 6. The van der Waals surface area contributed by atoms with Gasteiger partial charge >= 0.3 is 0 Å². The minimum Gasteiger partial charge on any atom is -0.472 e. The van der Waals surface area contributed by atoms with Gasteiger partial charge in [-0.05, 0) is 24.1 Å². The number of halogens is 6. The lowest BCUT2D eigenvalue weighted by Gasteiger charge is -2.26. The molecule has 114 valence electrons. The van der Waals surface area contributed by atoms with Crippen LogP contribution in [-0.2, 0) is 6.42 Å². The molecule has 0 saturated carbocycles. The number of amidine groups is 2. The molecule has 4 nitrogen and oxygen atoms in total. The van der Waals surface area contributed by atoms with E-state index >= 15 is 0 Å². The third-order valence-electron chi connectivity index (χ3n) is 2.33. The Morgan fingerprint density at radius 1 is 1.05 bits per heavy atom. The number of hydrogen-bond donors (Lipinski definition) is 1. The summed E-state index contributed by atoms with van der Waals surface area (Å²) in [5.41, 5.74) is 1.06. The number of allylic oxidation sites excluding steroid dienone is 1. The van der Waals surface area contributed by atoms with Crippen LogP contribution in [0.2, 0.25) is 0 Å². The van der Waals surface area contributed by atoms with Gasteiger partial charge in [-0.15, -0.1) is 0 Å². The summed E-state index contributed by atoms with van der Waals surface area (Å²) in [7, 11) is 0. The SMILES string of the molecule is BrC(Br)(Br)C1=NC(=CCc2ccoc2)N=C(C(Br)(Br)Br)N1. The molecule has 0 bridgehead atoms. The highest BCUT2D eigenvalue weighted by molar-refractivity contribution is 9.40. The van der Waals surface area contributed by atoms with Gasteiger partial charge in [0.15, 0.2) is 10.1 Å². The molecule has 1 N–H and O–H groups in total. The van der Waals surface area contributed by atoms with Crippen LogP contribution in [0.4, 0.5) is 0 Å². The first-order valence-electron chi connectivity index (χ1n) is 5.46. The Morgan fingerprint density at radius 3 is 2.05 bits per heavy atom. The van der Waals surface area contributed by atoms with Gasteiger partial charge in [0.1, 0.15) is 11.7 Å². The van der Waals surface area contributed by atoms with Gasteiger partial charge in [-0.3, -0.25) is 0 Å². The molecule has 0 atom stereocenters. The third-order valence-corrected chi connectivity index (χ3v) is 4.58. The summed E-state index contributed by atoms with van der Waals surface area (Å²) in [5, 5.41) is 3.12. The molecule has 0 aliphatic carbocycles. The first-order valence-corrected chi connectivity index (χ1v) is 10.2. The highest BCUT2D eigenvalue weighted by Gasteiger charge is 2.35. The van der Waals surface area contributed by atoms with Crippen LogP contribution in [-0.4, -0.2) is 16.0 Å². The molecule has 1 aromatic rings. The van der Waals surface area contributed by atoms with Crippen LogP contribution < -0.4 is 5.32 Å². The van der Waals surface area contributed by atoms with Gasteiger partial charge in [-0.1, -0.05) is 95.6 Å². The van der Waals surface area contributed by atoms with Crippen molar-refractivity contribution in [2.24, 2.45) is 9.98 Å². The molecule has 0 saturated heterocycles. The molecular formula is C11H7Br6N3O. The minimum absolute atomic E-state index is 0.588. The van der Waals surface area contributed by atoms with Crippen LogP contribution in [0, 0.1) is 0 Å². The fourth-order valence-electron chi connectivity index (χ4n) is 1.40. The summed E-state index contributed by atoms with van der Waals surface area (Å²) < 4.78 is 3.72. The van der Waals surface area contributed by atoms with E-state index in [2.05, 4.69) is 111 Å². The Hall–Kier alpha value is 1.04. The fraction of sp³-hybridized carbons (Fsp3) is 0.273. The van der Waals surface area contributed by atoms with E-state index in [1.165, 1.54) is 0 Å². The maximum absolute atomic E-state index is 5.05. The minimum atomic E-state index is -0.666. The molecule has 1 aromatic heterocycles. The van der Waals surface area contributed by atoms with E-state index in [0.717, 1.165) is 5.56 Å². The predicted octanol–water partition coefficient (Wildman–Crippen LogP) is 5.74. The van der Waals surface area contributed by atoms with Crippen LogP contribution in [0.15, 0.2) is 44.9 Å². The maximum Gasteiger partial charge on any atom is 0.192 e. The summed E-state index contributed by atoms with van der Waals surface area (Å²) >= 11 is 20.7. The van der Waals surface area contributed by atoms with Crippen molar-refractivity contribution in [1.29, 1.82) is 0 Å². The van der Waals surface area contributed by atoms with E-state index < -0.39 is 4.29 Å². The van der Waals surface area contributed by atoms with Crippen molar-refractivity contribution in [2.75, 3.05) is 0 Å². The van der Waals surface area contributed by atoms with E-state index in [0.29, 0.717) is 23.9 Å². The summed E-state index contributed by atoms with van der Waals surface area (Å²) in [6, 6.07) is 1.90. The lowest BCUT2D eigenvalue weighted by molar-refractivity contribution is 0.565. The number of hydrogen-bond acceptors (Lipinski definition) is 4. The number of furan rings is 1. The zero-order valence-corrected chi connectivity index (χ0v) is 19.6. The second kappa shape index (κ2) is 7.29. The lowest BCUT2D eigenvalue weighted by atomic mass is 10.2. The Kier molecular flexibility index (Phi) is 6.38. The van der Waals surface area contributed by atoms with Crippen LogP contribution in [0.5, 0.6) is 0 Å². The number of aliphatic imine (C=N–C) groups is 2. The lowest BCUT2D eigenvalue weighted by Crippen LogP contribution is -2.45. The highest BCUT2D eigenvalue weighted by Crippen LogP contribution is 2.39. The van der Waals surface area contributed by atoms with Gasteiger partial charge in [-0.2, -0.15) is 0 Å². The average molecular weight is 677 g/mol. The number of nitrogens with zero attached hydrogens (tertiary/aromatic N) is 2. The molecule has 0 amide bonds. The molecular weight excluding hydrogens is 670 g/mol. The molecule has 2 rings (SSSR count).